The normalized spacial score (nSPS) is 30.8. The highest BCUT2D eigenvalue weighted by Crippen LogP contribution is 2.38. The van der Waals surface area contributed by atoms with Crippen LogP contribution in [0.15, 0.2) is 6.20 Å². The lowest BCUT2D eigenvalue weighted by Gasteiger charge is -2.19. The highest BCUT2D eigenvalue weighted by atomic mass is 35.5. The first-order chi connectivity index (χ1) is 15.3. The minimum atomic E-state index is -4.85. The number of ether oxygens (including phenoxy) is 1. The molecule has 3 heterocycles. The number of hydrogen-bond donors (Lipinski definition) is 5. The van der Waals surface area contributed by atoms with E-state index >= 15 is 0 Å². The summed E-state index contributed by atoms with van der Waals surface area (Å²) in [6, 6.07) is 0.196. The van der Waals surface area contributed by atoms with Crippen molar-refractivity contribution in [1.29, 1.82) is 0 Å². The van der Waals surface area contributed by atoms with Crippen LogP contribution in [0.4, 0.5) is 5.82 Å². The summed E-state index contributed by atoms with van der Waals surface area (Å²) < 4.78 is 42.0. The number of aromatic nitrogens is 4. The average Bonchev–Trinajstić information content (AvgIpc) is 3.34. The Labute approximate surface area is 194 Å². The van der Waals surface area contributed by atoms with Crippen LogP contribution in [0.3, 0.4) is 0 Å². The van der Waals surface area contributed by atoms with E-state index in [1.54, 1.807) is 0 Å². The molecule has 13 nitrogen and oxygen atoms in total. The second kappa shape index (κ2) is 9.00. The zero-order valence-corrected chi connectivity index (χ0v) is 20.0. The smallest absolute Gasteiger partial charge is 0.340 e. The lowest BCUT2D eigenvalue weighted by Crippen LogP contribution is -2.36. The minimum absolute atomic E-state index is 0.0776. The summed E-state index contributed by atoms with van der Waals surface area (Å²) in [4.78, 5) is 26.4. The van der Waals surface area contributed by atoms with Crippen molar-refractivity contribution >= 4 is 45.9 Å². The molecular weight excluding hydrogens is 501 g/mol. The van der Waals surface area contributed by atoms with Gasteiger partial charge < -0.3 is 30.1 Å². The number of fused-ring (bicyclic) bond motifs is 1. The van der Waals surface area contributed by atoms with Gasteiger partial charge in [0.25, 0.3) is 0 Å². The molecule has 1 aliphatic carbocycles. The third kappa shape index (κ3) is 5.33. The fourth-order valence-electron chi connectivity index (χ4n) is 4.36. The Morgan fingerprint density at radius 2 is 2.00 bits per heavy atom. The second-order valence-corrected chi connectivity index (χ2v) is 13.1. The average molecular weight is 526 g/mol. The summed E-state index contributed by atoms with van der Waals surface area (Å²) in [7, 11) is -9.14. The number of aliphatic hydroxyl groups excluding tert-OH is 2. The maximum absolute atomic E-state index is 12.1. The molecule has 2 fully saturated rings. The van der Waals surface area contributed by atoms with Gasteiger partial charge in [0.05, 0.1) is 17.3 Å². The lowest BCUT2D eigenvalue weighted by molar-refractivity contribution is -0.0364. The Morgan fingerprint density at radius 1 is 1.27 bits per heavy atom. The van der Waals surface area contributed by atoms with E-state index in [2.05, 4.69) is 27.3 Å². The van der Waals surface area contributed by atoms with Crippen molar-refractivity contribution in [2.75, 3.05) is 16.6 Å². The van der Waals surface area contributed by atoms with E-state index in [0.717, 1.165) is 19.3 Å². The Morgan fingerprint density at radius 3 is 2.64 bits per heavy atom. The number of aliphatic hydroxyl groups is 2. The van der Waals surface area contributed by atoms with E-state index in [1.165, 1.54) is 10.9 Å². The van der Waals surface area contributed by atoms with Gasteiger partial charge in [-0.15, -0.1) is 0 Å². The predicted octanol–water partition coefficient (Wildman–Crippen LogP) is 0.249. The highest BCUT2D eigenvalue weighted by Gasteiger charge is 2.47. The Kier molecular flexibility index (Phi) is 6.75. The Bertz CT molecular complexity index is 1190. The van der Waals surface area contributed by atoms with E-state index in [4.69, 9.17) is 26.1 Å². The summed E-state index contributed by atoms with van der Waals surface area (Å²) in [6.07, 6.45) is -1.36. The fourth-order valence-corrected chi connectivity index (χ4v) is 7.77. The van der Waals surface area contributed by atoms with Crippen LogP contribution in [0, 0.1) is 5.92 Å². The van der Waals surface area contributed by atoms with Crippen molar-refractivity contribution in [2.45, 2.75) is 56.8 Å². The van der Waals surface area contributed by atoms with Crippen LogP contribution < -0.4 is 5.32 Å². The molecule has 2 aromatic heterocycles. The number of rotatable bonds is 7. The molecule has 5 N–H and O–H groups in total. The van der Waals surface area contributed by atoms with E-state index < -0.39 is 53.2 Å². The zero-order chi connectivity index (χ0) is 24.1. The number of anilines is 1. The van der Waals surface area contributed by atoms with Gasteiger partial charge in [0.2, 0.25) is 5.28 Å². The first kappa shape index (κ1) is 24.7. The van der Waals surface area contributed by atoms with E-state index in [1.807, 2.05) is 0 Å². The molecule has 0 bridgehead atoms. The quantitative estimate of drug-likeness (QED) is 0.244. The van der Waals surface area contributed by atoms with Crippen LogP contribution in [0.5, 0.6) is 0 Å². The molecule has 6 atom stereocenters. The highest BCUT2D eigenvalue weighted by molar-refractivity contribution is 7.97. The lowest BCUT2D eigenvalue weighted by atomic mass is 10.1. The van der Waals surface area contributed by atoms with Gasteiger partial charge in [0.1, 0.15) is 24.1 Å². The number of halogens is 1. The van der Waals surface area contributed by atoms with Crippen molar-refractivity contribution in [2.24, 2.45) is 5.92 Å². The zero-order valence-electron chi connectivity index (χ0n) is 17.5. The van der Waals surface area contributed by atoms with E-state index in [0.29, 0.717) is 17.1 Å². The van der Waals surface area contributed by atoms with Crippen LogP contribution in [0.2, 0.25) is 5.28 Å². The molecular formula is C17H25ClN5O8PS. The van der Waals surface area contributed by atoms with Gasteiger partial charge in [-0.3, -0.25) is 4.57 Å². The maximum Gasteiger partial charge on any atom is 0.340 e. The first-order valence-corrected chi connectivity index (χ1v) is 14.3. The largest absolute Gasteiger partial charge is 0.387 e. The van der Waals surface area contributed by atoms with Crippen molar-refractivity contribution < 1.29 is 37.7 Å². The third-order valence-corrected chi connectivity index (χ3v) is 9.90. The first-order valence-electron chi connectivity index (χ1n) is 10.3. The summed E-state index contributed by atoms with van der Waals surface area (Å²) in [5.74, 6) is 0.00682. The van der Waals surface area contributed by atoms with Crippen LogP contribution >= 0.6 is 19.2 Å². The number of nitrogens with zero attached hydrogens (tertiary/aromatic N) is 4. The van der Waals surface area contributed by atoms with Crippen LogP contribution in [-0.4, -0.2) is 83.8 Å². The van der Waals surface area contributed by atoms with Gasteiger partial charge in [-0.25, -0.2) is 13.1 Å². The minimum Gasteiger partial charge on any atom is -0.387 e. The van der Waals surface area contributed by atoms with Gasteiger partial charge in [0, 0.05) is 6.04 Å². The van der Waals surface area contributed by atoms with Gasteiger partial charge in [-0.2, -0.15) is 15.1 Å². The van der Waals surface area contributed by atoms with Crippen molar-refractivity contribution in [3.63, 3.8) is 0 Å². The SMILES string of the molecule is C[C@@H]1CCC[C@@H]1Nc1nc(Cl)nc2c1cnn2[C@@H]1O[C@H](CS(=O)(=O)CP(=O)(O)O)[C@@H](O)[C@H]1O. The molecule has 16 heteroatoms. The topological polar surface area (TPSA) is 197 Å². The van der Waals surface area contributed by atoms with E-state index in [-0.39, 0.29) is 17.0 Å². The summed E-state index contributed by atoms with van der Waals surface area (Å²) in [5.41, 5.74) is -1.19. The molecule has 1 saturated heterocycles. The number of sulfone groups is 1. The van der Waals surface area contributed by atoms with Crippen LogP contribution in [-0.2, 0) is 19.1 Å². The van der Waals surface area contributed by atoms with Crippen molar-refractivity contribution in [3.05, 3.63) is 11.5 Å². The molecule has 33 heavy (non-hydrogen) atoms. The summed E-state index contributed by atoms with van der Waals surface area (Å²) >= 11 is 6.11. The molecule has 2 aliphatic rings. The second-order valence-electron chi connectivity index (χ2n) is 8.58. The molecule has 0 amide bonds. The third-order valence-electron chi connectivity index (χ3n) is 5.97. The molecule has 0 spiro atoms. The predicted molar refractivity (Wildman–Crippen MR) is 117 cm³/mol. The molecule has 2 aromatic rings. The monoisotopic (exact) mass is 525 g/mol. The Balaban J connectivity index is 1.60. The molecule has 1 saturated carbocycles. The molecule has 184 valence electrons. The Hall–Kier alpha value is -1.38. The van der Waals surface area contributed by atoms with E-state index in [9.17, 15) is 23.2 Å². The van der Waals surface area contributed by atoms with Crippen LogP contribution in [0.25, 0.3) is 11.0 Å². The maximum atomic E-state index is 12.1. The van der Waals surface area contributed by atoms with Gasteiger partial charge in [-0.1, -0.05) is 13.3 Å². The van der Waals surface area contributed by atoms with Crippen molar-refractivity contribution in [3.8, 4) is 0 Å². The summed E-state index contributed by atoms with van der Waals surface area (Å²) in [5, 5.41) is 28.8. The molecule has 0 unspecified atom stereocenters. The molecule has 0 radical (unpaired) electrons. The van der Waals surface area contributed by atoms with Crippen LogP contribution in [0.1, 0.15) is 32.4 Å². The molecule has 1 aliphatic heterocycles. The standard InChI is InChI=1S/C17H25ClN5O8PS/c1-8-3-2-4-10(8)20-14-9-5-19-23(15(9)22-17(18)21-14)16-13(25)12(24)11(31-16)6-33(29,30)7-32(26,27)28/h5,8,10-13,16,24-25H,2-4,6-7H2,1H3,(H,20,21,22)(H2,26,27,28)/t8-,10+,11-,12-,13-,16-/m1/s1. The van der Waals surface area contributed by atoms with Gasteiger partial charge >= 0.3 is 7.60 Å². The fraction of sp³-hybridized carbons (Fsp3) is 0.706. The summed E-state index contributed by atoms with van der Waals surface area (Å²) in [6.45, 7) is 2.14. The number of hydrogen-bond acceptors (Lipinski definition) is 10. The van der Waals surface area contributed by atoms with Gasteiger partial charge in [0.15, 0.2) is 27.2 Å². The van der Waals surface area contributed by atoms with Crippen molar-refractivity contribution in [1.82, 2.24) is 19.7 Å². The molecule has 4 rings (SSSR count). The molecule has 0 aromatic carbocycles. The number of nitrogens with one attached hydrogen (secondary N) is 1. The van der Waals surface area contributed by atoms with Gasteiger partial charge in [-0.05, 0) is 30.4 Å².